The fraction of sp³-hybridized carbons (Fsp3) is 0.118. The molecule has 0 fully saturated rings. The summed E-state index contributed by atoms with van der Waals surface area (Å²) in [5.74, 6) is 1.08. The predicted octanol–water partition coefficient (Wildman–Crippen LogP) is 1.54. The van der Waals surface area contributed by atoms with Gasteiger partial charge in [-0.25, -0.2) is 13.4 Å². The molecule has 4 N–H and O–H groups in total. The first-order valence-corrected chi connectivity index (χ1v) is 9.97. The van der Waals surface area contributed by atoms with Gasteiger partial charge in [-0.15, -0.1) is 10.2 Å². The minimum atomic E-state index is -3.41. The minimum absolute atomic E-state index is 0.132. The van der Waals surface area contributed by atoms with Crippen LogP contribution in [0.2, 0.25) is 0 Å². The molecule has 0 saturated heterocycles. The Balaban J connectivity index is 1.85. The van der Waals surface area contributed by atoms with Crippen molar-refractivity contribution in [3.05, 3.63) is 48.3 Å². The van der Waals surface area contributed by atoms with Crippen molar-refractivity contribution in [1.82, 2.24) is 20.2 Å². The summed E-state index contributed by atoms with van der Waals surface area (Å²) in [6.45, 7) is 0. The van der Waals surface area contributed by atoms with Gasteiger partial charge < -0.3 is 11.1 Å². The summed E-state index contributed by atoms with van der Waals surface area (Å²) in [7, 11) is -1.74. The topological polar surface area (TPSA) is 148 Å². The standard InChI is InChI=1S/C17H18N8O2S/c1-19-9-12(8-18)11-7-14-13(20-10-11)3-4-15(21-14)22-16-5-6-17(24-23-16)25-28(2,26)27/h3-10H,18H2,1-2H3,(H,24,25)(H,21,22,23). The Morgan fingerprint density at radius 2 is 1.82 bits per heavy atom. The fourth-order valence-corrected chi connectivity index (χ4v) is 2.85. The molecule has 144 valence electrons. The average molecular weight is 398 g/mol. The lowest BCUT2D eigenvalue weighted by molar-refractivity contribution is 0.606. The lowest BCUT2D eigenvalue weighted by Crippen LogP contribution is -2.11. The second-order valence-corrected chi connectivity index (χ2v) is 7.52. The maximum absolute atomic E-state index is 11.2. The lowest BCUT2D eigenvalue weighted by atomic mass is 10.1. The molecule has 0 aliphatic carbocycles. The quantitative estimate of drug-likeness (QED) is 0.529. The molecule has 28 heavy (non-hydrogen) atoms. The van der Waals surface area contributed by atoms with E-state index in [0.29, 0.717) is 17.2 Å². The molecule has 3 rings (SSSR count). The molecule has 0 saturated carbocycles. The lowest BCUT2D eigenvalue weighted by Gasteiger charge is -2.07. The number of nitrogens with two attached hydrogens (primary N) is 1. The number of hydrogen-bond acceptors (Lipinski definition) is 9. The van der Waals surface area contributed by atoms with Crippen LogP contribution in [0.5, 0.6) is 0 Å². The summed E-state index contributed by atoms with van der Waals surface area (Å²) in [6.07, 6.45) is 5.85. The number of hydrogen-bond donors (Lipinski definition) is 3. The van der Waals surface area contributed by atoms with Gasteiger partial charge in [0.1, 0.15) is 5.82 Å². The first-order valence-electron chi connectivity index (χ1n) is 8.08. The third kappa shape index (κ3) is 4.76. The number of sulfonamides is 1. The van der Waals surface area contributed by atoms with Gasteiger partial charge in [0, 0.05) is 36.8 Å². The van der Waals surface area contributed by atoms with Crippen LogP contribution < -0.4 is 15.8 Å². The Hall–Kier alpha value is -3.60. The van der Waals surface area contributed by atoms with Gasteiger partial charge >= 0.3 is 0 Å². The van der Waals surface area contributed by atoms with Crippen molar-refractivity contribution in [3.8, 4) is 0 Å². The van der Waals surface area contributed by atoms with Crippen molar-refractivity contribution in [2.75, 3.05) is 23.3 Å². The van der Waals surface area contributed by atoms with Crippen molar-refractivity contribution >= 4 is 50.3 Å². The molecule has 10 nitrogen and oxygen atoms in total. The van der Waals surface area contributed by atoms with E-state index in [4.69, 9.17) is 5.73 Å². The van der Waals surface area contributed by atoms with Gasteiger partial charge in [0.2, 0.25) is 10.0 Å². The van der Waals surface area contributed by atoms with Crippen molar-refractivity contribution in [3.63, 3.8) is 0 Å². The van der Waals surface area contributed by atoms with Crippen LogP contribution in [0.25, 0.3) is 16.6 Å². The van der Waals surface area contributed by atoms with E-state index in [1.54, 1.807) is 31.6 Å². The monoisotopic (exact) mass is 398 g/mol. The summed E-state index contributed by atoms with van der Waals surface area (Å²) in [5, 5.41) is 10.8. The summed E-state index contributed by atoms with van der Waals surface area (Å²) >= 11 is 0. The first kappa shape index (κ1) is 19.2. The van der Waals surface area contributed by atoms with Gasteiger partial charge in [-0.3, -0.25) is 14.7 Å². The highest BCUT2D eigenvalue weighted by molar-refractivity contribution is 7.92. The fourth-order valence-electron chi connectivity index (χ4n) is 2.36. The SMILES string of the molecule is CN=CC(=CN)c1cnc2ccc(Nc3ccc(NS(C)(=O)=O)nn3)nc2c1. The van der Waals surface area contributed by atoms with E-state index in [1.807, 2.05) is 12.1 Å². The Labute approximate surface area is 161 Å². The van der Waals surface area contributed by atoms with E-state index in [-0.39, 0.29) is 5.82 Å². The molecule has 0 amide bonds. The van der Waals surface area contributed by atoms with E-state index in [2.05, 4.69) is 35.2 Å². The van der Waals surface area contributed by atoms with Crippen LogP contribution in [0.3, 0.4) is 0 Å². The van der Waals surface area contributed by atoms with Crippen LogP contribution in [0, 0.1) is 0 Å². The maximum atomic E-state index is 11.2. The zero-order valence-corrected chi connectivity index (χ0v) is 16.0. The smallest absolute Gasteiger partial charge is 0.231 e. The van der Waals surface area contributed by atoms with E-state index in [0.717, 1.165) is 22.9 Å². The summed E-state index contributed by atoms with van der Waals surface area (Å²) in [4.78, 5) is 12.9. The minimum Gasteiger partial charge on any atom is -0.404 e. The zero-order valence-electron chi connectivity index (χ0n) is 15.2. The molecule has 3 aromatic rings. The molecule has 3 aromatic heterocycles. The Bertz CT molecular complexity index is 1160. The van der Waals surface area contributed by atoms with Crippen molar-refractivity contribution in [2.24, 2.45) is 10.7 Å². The van der Waals surface area contributed by atoms with Crippen LogP contribution in [0.1, 0.15) is 5.56 Å². The molecule has 0 bridgehead atoms. The second-order valence-electron chi connectivity index (χ2n) is 5.77. The largest absolute Gasteiger partial charge is 0.404 e. The molecule has 11 heteroatoms. The third-order valence-corrected chi connectivity index (χ3v) is 4.11. The van der Waals surface area contributed by atoms with Crippen LogP contribution >= 0.6 is 0 Å². The highest BCUT2D eigenvalue weighted by Gasteiger charge is 2.07. The molecule has 3 heterocycles. The number of anilines is 3. The highest BCUT2D eigenvalue weighted by Crippen LogP contribution is 2.20. The van der Waals surface area contributed by atoms with Crippen LogP contribution in [0.4, 0.5) is 17.5 Å². The zero-order chi connectivity index (χ0) is 20.1. The molecule has 0 unspecified atom stereocenters. The van der Waals surface area contributed by atoms with Crippen molar-refractivity contribution in [1.29, 1.82) is 0 Å². The number of allylic oxidation sites excluding steroid dienone is 1. The van der Waals surface area contributed by atoms with Crippen molar-refractivity contribution < 1.29 is 8.42 Å². The first-order chi connectivity index (χ1) is 13.4. The molecular weight excluding hydrogens is 380 g/mol. The molecule has 0 aliphatic rings. The average Bonchev–Trinajstić information content (AvgIpc) is 2.66. The second kappa shape index (κ2) is 7.96. The van der Waals surface area contributed by atoms with E-state index in [9.17, 15) is 8.42 Å². The maximum Gasteiger partial charge on any atom is 0.231 e. The molecular formula is C17H18N8O2S. The highest BCUT2D eigenvalue weighted by atomic mass is 32.2. The number of rotatable bonds is 6. The Morgan fingerprint density at radius 1 is 1.11 bits per heavy atom. The van der Waals surface area contributed by atoms with E-state index >= 15 is 0 Å². The molecule has 0 aliphatic heterocycles. The number of aliphatic imine (C=N–C) groups is 1. The number of pyridine rings is 2. The molecule has 0 aromatic carbocycles. The van der Waals surface area contributed by atoms with Crippen LogP contribution in [0.15, 0.2) is 47.7 Å². The summed E-state index contributed by atoms with van der Waals surface area (Å²) in [5.41, 5.74) is 8.55. The summed E-state index contributed by atoms with van der Waals surface area (Å²) in [6, 6.07) is 8.53. The van der Waals surface area contributed by atoms with Crippen LogP contribution in [-0.4, -0.2) is 48.1 Å². The number of nitrogens with zero attached hydrogens (tertiary/aromatic N) is 5. The van der Waals surface area contributed by atoms with Gasteiger partial charge in [0.05, 0.1) is 17.3 Å². The molecule has 0 radical (unpaired) electrons. The number of nitrogens with one attached hydrogen (secondary N) is 2. The summed E-state index contributed by atoms with van der Waals surface area (Å²) < 4.78 is 24.7. The van der Waals surface area contributed by atoms with Gasteiger partial charge in [-0.1, -0.05) is 0 Å². The Kier molecular flexibility index (Phi) is 5.45. The predicted molar refractivity (Wildman–Crippen MR) is 110 cm³/mol. The van der Waals surface area contributed by atoms with Gasteiger partial charge in [-0.05, 0) is 30.3 Å². The molecule has 0 spiro atoms. The Morgan fingerprint density at radius 3 is 2.46 bits per heavy atom. The van der Waals surface area contributed by atoms with Gasteiger partial charge in [0.25, 0.3) is 0 Å². The van der Waals surface area contributed by atoms with Gasteiger partial charge in [0.15, 0.2) is 11.6 Å². The number of aromatic nitrogens is 4. The van der Waals surface area contributed by atoms with Crippen molar-refractivity contribution in [2.45, 2.75) is 0 Å². The third-order valence-electron chi connectivity index (χ3n) is 3.53. The van der Waals surface area contributed by atoms with E-state index in [1.165, 1.54) is 12.3 Å². The van der Waals surface area contributed by atoms with E-state index < -0.39 is 10.0 Å². The normalized spacial score (nSPS) is 12.4. The van der Waals surface area contributed by atoms with Gasteiger partial charge in [-0.2, -0.15) is 0 Å². The van der Waals surface area contributed by atoms with Crippen LogP contribution in [-0.2, 0) is 10.0 Å². The number of fused-ring (bicyclic) bond motifs is 1. The molecule has 0 atom stereocenters.